The van der Waals surface area contributed by atoms with E-state index in [-0.39, 0.29) is 17.5 Å². The van der Waals surface area contributed by atoms with Gasteiger partial charge < -0.3 is 5.73 Å². The summed E-state index contributed by atoms with van der Waals surface area (Å²) in [5.74, 6) is 0.508. The van der Waals surface area contributed by atoms with Crippen molar-refractivity contribution in [2.24, 2.45) is 11.7 Å². The molecule has 1 saturated carbocycles. The molecule has 0 spiro atoms. The fourth-order valence-corrected chi connectivity index (χ4v) is 4.10. The van der Waals surface area contributed by atoms with Crippen molar-refractivity contribution in [3.05, 3.63) is 28.8 Å². The highest BCUT2D eigenvalue weighted by Gasteiger charge is 2.33. The Labute approximate surface area is 126 Å². The molecule has 0 atom stereocenters. The van der Waals surface area contributed by atoms with Gasteiger partial charge >= 0.3 is 0 Å². The molecule has 0 heterocycles. The summed E-state index contributed by atoms with van der Waals surface area (Å²) >= 11 is 5.99. The van der Waals surface area contributed by atoms with Crippen molar-refractivity contribution < 1.29 is 8.42 Å². The lowest BCUT2D eigenvalue weighted by Gasteiger charge is -2.26. The fourth-order valence-electron chi connectivity index (χ4n) is 2.14. The Morgan fingerprint density at radius 2 is 2.05 bits per heavy atom. The molecule has 2 rings (SSSR count). The van der Waals surface area contributed by atoms with E-state index in [9.17, 15) is 8.42 Å². The average molecular weight is 317 g/mol. The molecule has 0 bridgehead atoms. The van der Waals surface area contributed by atoms with E-state index in [2.05, 4.69) is 0 Å². The van der Waals surface area contributed by atoms with Crippen molar-refractivity contribution in [2.45, 2.75) is 44.2 Å². The highest BCUT2D eigenvalue weighted by atomic mass is 35.5. The predicted molar refractivity (Wildman–Crippen MR) is 81.1 cm³/mol. The predicted octanol–water partition coefficient (Wildman–Crippen LogP) is 2.61. The van der Waals surface area contributed by atoms with Gasteiger partial charge in [-0.05, 0) is 56.4 Å². The van der Waals surface area contributed by atoms with Crippen molar-refractivity contribution in [1.82, 2.24) is 4.31 Å². The number of sulfonamides is 1. The molecule has 1 aromatic carbocycles. The second-order valence-corrected chi connectivity index (χ2v) is 7.87. The monoisotopic (exact) mass is 316 g/mol. The fraction of sp³-hybridized carbons (Fsp3) is 0.571. The van der Waals surface area contributed by atoms with Gasteiger partial charge in [-0.25, -0.2) is 8.42 Å². The summed E-state index contributed by atoms with van der Waals surface area (Å²) in [6.07, 6.45) is 2.24. The first kappa shape index (κ1) is 15.8. The van der Waals surface area contributed by atoms with Gasteiger partial charge in [0.15, 0.2) is 0 Å². The van der Waals surface area contributed by atoms with Gasteiger partial charge in [0.2, 0.25) is 10.0 Å². The average Bonchev–Trinajstić information content (AvgIpc) is 3.19. The molecule has 0 aromatic heterocycles. The van der Waals surface area contributed by atoms with Gasteiger partial charge in [0.25, 0.3) is 0 Å². The zero-order valence-electron chi connectivity index (χ0n) is 11.8. The minimum absolute atomic E-state index is 0.0578. The van der Waals surface area contributed by atoms with E-state index in [1.54, 1.807) is 22.5 Å². The topological polar surface area (TPSA) is 63.4 Å². The summed E-state index contributed by atoms with van der Waals surface area (Å²) in [5.41, 5.74) is 6.25. The number of nitrogens with two attached hydrogens (primary N) is 1. The van der Waals surface area contributed by atoms with Gasteiger partial charge in [0.1, 0.15) is 0 Å². The Bertz CT molecular complexity index is 583. The normalized spacial score (nSPS) is 16.1. The Kier molecular flexibility index (Phi) is 4.74. The highest BCUT2D eigenvalue weighted by Crippen LogP contribution is 2.33. The molecule has 1 aliphatic rings. The number of hydrogen-bond acceptors (Lipinski definition) is 3. The summed E-state index contributed by atoms with van der Waals surface area (Å²) in [6, 6.07) is 4.68. The minimum atomic E-state index is -3.49. The SMILES string of the molecule is CC(C)N(CC1CC1)S(=O)(=O)c1ccc(Cl)c(CN)c1. The number of benzene rings is 1. The molecule has 0 unspecified atom stereocenters. The van der Waals surface area contributed by atoms with Crippen LogP contribution in [0.1, 0.15) is 32.3 Å². The van der Waals surface area contributed by atoms with E-state index in [0.29, 0.717) is 23.0 Å². The van der Waals surface area contributed by atoms with E-state index in [1.807, 2.05) is 13.8 Å². The third-order valence-electron chi connectivity index (χ3n) is 3.55. The molecule has 0 amide bonds. The standard InChI is InChI=1S/C14H21ClN2O2S/c1-10(2)17(9-11-3-4-11)20(18,19)13-5-6-14(15)12(7-13)8-16/h5-7,10-11H,3-4,8-9,16H2,1-2H3. The molecule has 0 saturated heterocycles. The van der Waals surface area contributed by atoms with E-state index < -0.39 is 10.0 Å². The summed E-state index contributed by atoms with van der Waals surface area (Å²) in [7, 11) is -3.49. The van der Waals surface area contributed by atoms with Crippen molar-refractivity contribution in [3.8, 4) is 0 Å². The molecule has 6 heteroatoms. The summed E-state index contributed by atoms with van der Waals surface area (Å²) in [5, 5.41) is 0.504. The summed E-state index contributed by atoms with van der Waals surface area (Å²) in [4.78, 5) is 0.275. The molecular weight excluding hydrogens is 296 g/mol. The highest BCUT2D eigenvalue weighted by molar-refractivity contribution is 7.89. The maximum atomic E-state index is 12.8. The van der Waals surface area contributed by atoms with Gasteiger partial charge in [0.05, 0.1) is 4.90 Å². The van der Waals surface area contributed by atoms with Gasteiger partial charge in [-0.15, -0.1) is 0 Å². The summed E-state index contributed by atoms with van der Waals surface area (Å²) in [6.45, 7) is 4.63. The molecule has 1 aliphatic carbocycles. The Morgan fingerprint density at radius 3 is 2.55 bits per heavy atom. The van der Waals surface area contributed by atoms with E-state index >= 15 is 0 Å². The molecule has 112 valence electrons. The lowest BCUT2D eigenvalue weighted by Crippen LogP contribution is -2.38. The van der Waals surface area contributed by atoms with Crippen LogP contribution in [0, 0.1) is 5.92 Å². The van der Waals surface area contributed by atoms with Crippen LogP contribution < -0.4 is 5.73 Å². The quantitative estimate of drug-likeness (QED) is 0.877. The molecule has 2 N–H and O–H groups in total. The van der Waals surface area contributed by atoms with Crippen molar-refractivity contribution in [1.29, 1.82) is 0 Å². The summed E-state index contributed by atoms with van der Waals surface area (Å²) < 4.78 is 27.1. The maximum absolute atomic E-state index is 12.8. The second-order valence-electron chi connectivity index (χ2n) is 5.57. The lowest BCUT2D eigenvalue weighted by atomic mass is 10.2. The van der Waals surface area contributed by atoms with Crippen LogP contribution in [-0.4, -0.2) is 25.3 Å². The second kappa shape index (κ2) is 6.02. The third kappa shape index (κ3) is 3.34. The minimum Gasteiger partial charge on any atom is -0.326 e. The molecule has 0 radical (unpaired) electrons. The lowest BCUT2D eigenvalue weighted by molar-refractivity contribution is 0.341. The Hall–Kier alpha value is -0.620. The Morgan fingerprint density at radius 1 is 1.40 bits per heavy atom. The van der Waals surface area contributed by atoms with Gasteiger partial charge in [-0.1, -0.05) is 11.6 Å². The van der Waals surface area contributed by atoms with Crippen molar-refractivity contribution in [3.63, 3.8) is 0 Å². The van der Waals surface area contributed by atoms with Crippen LogP contribution in [0.15, 0.2) is 23.1 Å². The van der Waals surface area contributed by atoms with Crippen LogP contribution in [-0.2, 0) is 16.6 Å². The van der Waals surface area contributed by atoms with E-state index in [0.717, 1.165) is 12.8 Å². The van der Waals surface area contributed by atoms with Crippen LogP contribution in [0.3, 0.4) is 0 Å². The smallest absolute Gasteiger partial charge is 0.243 e. The van der Waals surface area contributed by atoms with E-state index in [1.165, 1.54) is 0 Å². The van der Waals surface area contributed by atoms with Gasteiger partial charge in [-0.2, -0.15) is 4.31 Å². The molecule has 20 heavy (non-hydrogen) atoms. The van der Waals surface area contributed by atoms with Crippen molar-refractivity contribution in [2.75, 3.05) is 6.54 Å². The number of halogens is 1. The zero-order chi connectivity index (χ0) is 14.9. The van der Waals surface area contributed by atoms with Crippen LogP contribution in [0.2, 0.25) is 5.02 Å². The largest absolute Gasteiger partial charge is 0.326 e. The molecular formula is C14H21ClN2O2S. The number of rotatable bonds is 6. The first-order valence-electron chi connectivity index (χ1n) is 6.86. The molecule has 4 nitrogen and oxygen atoms in total. The first-order chi connectivity index (χ1) is 9.36. The first-order valence-corrected chi connectivity index (χ1v) is 8.68. The van der Waals surface area contributed by atoms with Crippen molar-refractivity contribution >= 4 is 21.6 Å². The van der Waals surface area contributed by atoms with Gasteiger partial charge in [0, 0.05) is 24.2 Å². The van der Waals surface area contributed by atoms with E-state index in [4.69, 9.17) is 17.3 Å². The third-order valence-corrected chi connectivity index (χ3v) is 5.96. The maximum Gasteiger partial charge on any atom is 0.243 e. The van der Waals surface area contributed by atoms with Crippen LogP contribution in [0.25, 0.3) is 0 Å². The van der Waals surface area contributed by atoms with Crippen LogP contribution in [0.5, 0.6) is 0 Å². The Balaban J connectivity index is 2.36. The van der Waals surface area contributed by atoms with Crippen LogP contribution >= 0.6 is 11.6 Å². The zero-order valence-corrected chi connectivity index (χ0v) is 13.4. The molecule has 1 aromatic rings. The number of hydrogen-bond donors (Lipinski definition) is 1. The molecule has 0 aliphatic heterocycles. The number of nitrogens with zero attached hydrogens (tertiary/aromatic N) is 1. The van der Waals surface area contributed by atoms with Gasteiger partial charge in [-0.3, -0.25) is 0 Å². The van der Waals surface area contributed by atoms with Crippen LogP contribution in [0.4, 0.5) is 0 Å². The molecule has 1 fully saturated rings.